The molecule has 0 bridgehead atoms. The van der Waals surface area contributed by atoms with E-state index < -0.39 is 18.6 Å². The highest BCUT2D eigenvalue weighted by Crippen LogP contribution is 2.15. The van der Waals surface area contributed by atoms with Gasteiger partial charge < -0.3 is 20.3 Å². The van der Waals surface area contributed by atoms with Crippen LogP contribution >= 0.6 is 24.0 Å². The molecule has 0 unspecified atom stereocenters. The number of methoxy groups -OCH3 is 1. The van der Waals surface area contributed by atoms with Crippen molar-refractivity contribution in [2.24, 2.45) is 4.99 Å². The number of likely N-dealkylation sites (N-methyl/N-ethyl adjacent to an activating group) is 1. The van der Waals surface area contributed by atoms with Gasteiger partial charge in [0.25, 0.3) is 0 Å². The van der Waals surface area contributed by atoms with E-state index >= 15 is 0 Å². The van der Waals surface area contributed by atoms with Gasteiger partial charge in [-0.25, -0.2) is 4.99 Å². The molecule has 0 aromatic rings. The molecule has 0 aromatic heterocycles. The van der Waals surface area contributed by atoms with E-state index in [0.717, 1.165) is 13.5 Å². The van der Waals surface area contributed by atoms with Gasteiger partial charge in [0.15, 0.2) is 5.96 Å². The Morgan fingerprint density at radius 3 is 2.45 bits per heavy atom. The highest BCUT2D eigenvalue weighted by molar-refractivity contribution is 14.0. The lowest BCUT2D eigenvalue weighted by Crippen LogP contribution is -2.40. The molecule has 0 spiro atoms. The van der Waals surface area contributed by atoms with Crippen LogP contribution in [-0.2, 0) is 9.53 Å². The lowest BCUT2D eigenvalue weighted by molar-refractivity contribution is -0.157. The molecule has 0 rings (SSSR count). The second-order valence-corrected chi connectivity index (χ2v) is 4.33. The van der Waals surface area contributed by atoms with Crippen molar-refractivity contribution >= 4 is 35.8 Å². The Balaban J connectivity index is 0. The minimum atomic E-state index is -4.41. The second kappa shape index (κ2) is 12.7. The molecule has 22 heavy (non-hydrogen) atoms. The largest absolute Gasteiger partial charge is 0.406 e. The van der Waals surface area contributed by atoms with Gasteiger partial charge in [0.05, 0.1) is 0 Å². The standard InChI is InChI=1S/C12H23F3N4O2.HI/c1-4-16-11(17-6-5-7-21-3)18-8-10(20)19(2)9-12(13,14)15;/h4-9H2,1-3H3,(H2,16,17,18);1H. The molecule has 0 atom stereocenters. The molecule has 0 heterocycles. The molecule has 132 valence electrons. The topological polar surface area (TPSA) is 66.0 Å². The molecular formula is C12H24F3IN4O2. The van der Waals surface area contributed by atoms with E-state index in [0.29, 0.717) is 30.6 Å². The summed E-state index contributed by atoms with van der Waals surface area (Å²) in [5.41, 5.74) is 0. The van der Waals surface area contributed by atoms with E-state index in [2.05, 4.69) is 15.6 Å². The lowest BCUT2D eigenvalue weighted by Gasteiger charge is -2.18. The first-order valence-corrected chi connectivity index (χ1v) is 6.62. The van der Waals surface area contributed by atoms with Gasteiger partial charge >= 0.3 is 6.18 Å². The number of nitrogens with one attached hydrogen (secondary N) is 2. The summed E-state index contributed by atoms with van der Waals surface area (Å²) >= 11 is 0. The number of amides is 1. The second-order valence-electron chi connectivity index (χ2n) is 4.33. The predicted molar refractivity (Wildman–Crippen MR) is 89.6 cm³/mol. The van der Waals surface area contributed by atoms with Crippen LogP contribution in [0.25, 0.3) is 0 Å². The van der Waals surface area contributed by atoms with Crippen molar-refractivity contribution < 1.29 is 22.7 Å². The van der Waals surface area contributed by atoms with E-state index in [1.165, 1.54) is 0 Å². The molecule has 1 amide bonds. The van der Waals surface area contributed by atoms with Crippen molar-refractivity contribution in [3.63, 3.8) is 0 Å². The molecule has 0 fully saturated rings. The van der Waals surface area contributed by atoms with Crippen molar-refractivity contribution in [2.45, 2.75) is 19.5 Å². The average Bonchev–Trinajstić information content (AvgIpc) is 2.38. The number of ether oxygens (including phenoxy) is 1. The van der Waals surface area contributed by atoms with Gasteiger partial charge in [-0.05, 0) is 13.3 Å². The van der Waals surface area contributed by atoms with Crippen LogP contribution in [0.1, 0.15) is 13.3 Å². The molecular weight excluding hydrogens is 416 g/mol. The third-order valence-electron chi connectivity index (χ3n) is 2.38. The fourth-order valence-corrected chi connectivity index (χ4v) is 1.39. The summed E-state index contributed by atoms with van der Waals surface area (Å²) < 4.78 is 41.4. The first-order valence-electron chi connectivity index (χ1n) is 6.62. The lowest BCUT2D eigenvalue weighted by atomic mass is 10.4. The molecule has 2 N–H and O–H groups in total. The van der Waals surface area contributed by atoms with E-state index in [9.17, 15) is 18.0 Å². The van der Waals surface area contributed by atoms with Crippen molar-refractivity contribution in [1.82, 2.24) is 15.5 Å². The Bertz CT molecular complexity index is 341. The summed E-state index contributed by atoms with van der Waals surface area (Å²) in [6.45, 7) is 1.99. The maximum atomic E-state index is 12.2. The Morgan fingerprint density at radius 2 is 1.95 bits per heavy atom. The quantitative estimate of drug-likeness (QED) is 0.258. The normalized spacial score (nSPS) is 11.6. The van der Waals surface area contributed by atoms with Crippen molar-refractivity contribution in [3.8, 4) is 0 Å². The number of halogens is 4. The molecule has 0 aliphatic carbocycles. The van der Waals surface area contributed by atoms with Gasteiger partial charge in [-0.2, -0.15) is 13.2 Å². The zero-order valence-corrected chi connectivity index (χ0v) is 15.3. The Kier molecular flexibility index (Phi) is 13.6. The van der Waals surface area contributed by atoms with Crippen molar-refractivity contribution in [2.75, 3.05) is 46.9 Å². The van der Waals surface area contributed by atoms with Crippen LogP contribution in [0.15, 0.2) is 4.99 Å². The number of rotatable bonds is 8. The maximum Gasteiger partial charge on any atom is 0.406 e. The van der Waals surface area contributed by atoms with E-state index in [1.54, 1.807) is 7.11 Å². The summed E-state index contributed by atoms with van der Waals surface area (Å²) in [4.78, 5) is 16.1. The van der Waals surface area contributed by atoms with E-state index in [-0.39, 0.29) is 30.5 Å². The van der Waals surface area contributed by atoms with Gasteiger partial charge in [0.2, 0.25) is 5.91 Å². The zero-order chi connectivity index (χ0) is 16.3. The number of carbonyl (C=O) groups excluding carboxylic acids is 1. The van der Waals surface area contributed by atoms with Gasteiger partial charge in [0.1, 0.15) is 13.1 Å². The first kappa shape index (κ1) is 23.5. The molecule has 6 nitrogen and oxygen atoms in total. The molecule has 10 heteroatoms. The van der Waals surface area contributed by atoms with E-state index in [4.69, 9.17) is 4.74 Å². The Labute approximate surface area is 145 Å². The van der Waals surface area contributed by atoms with Crippen LogP contribution in [0.3, 0.4) is 0 Å². The van der Waals surface area contributed by atoms with Gasteiger partial charge in [-0.3, -0.25) is 4.79 Å². The Hall–Kier alpha value is -0.780. The summed E-state index contributed by atoms with van der Waals surface area (Å²) in [6, 6.07) is 0. The molecule has 0 saturated heterocycles. The third kappa shape index (κ3) is 12.9. The third-order valence-corrected chi connectivity index (χ3v) is 2.38. The van der Waals surface area contributed by atoms with Crippen LogP contribution < -0.4 is 10.6 Å². The summed E-state index contributed by atoms with van der Waals surface area (Å²) in [5.74, 6) is -0.302. The number of hydrogen-bond acceptors (Lipinski definition) is 3. The first-order chi connectivity index (χ1) is 9.80. The number of alkyl halides is 3. The Morgan fingerprint density at radius 1 is 1.32 bits per heavy atom. The molecule has 0 saturated carbocycles. The van der Waals surface area contributed by atoms with Crippen LogP contribution in [-0.4, -0.2) is 69.9 Å². The van der Waals surface area contributed by atoms with Crippen LogP contribution in [0, 0.1) is 0 Å². The van der Waals surface area contributed by atoms with E-state index in [1.807, 2.05) is 6.92 Å². The van der Waals surface area contributed by atoms with Gasteiger partial charge in [0, 0.05) is 33.9 Å². The monoisotopic (exact) mass is 440 g/mol. The fourth-order valence-electron chi connectivity index (χ4n) is 1.39. The maximum absolute atomic E-state index is 12.2. The van der Waals surface area contributed by atoms with Crippen LogP contribution in [0.5, 0.6) is 0 Å². The number of nitrogens with zero attached hydrogens (tertiary/aromatic N) is 2. The molecule has 0 aliphatic heterocycles. The van der Waals surface area contributed by atoms with Crippen LogP contribution in [0.2, 0.25) is 0 Å². The SMILES string of the molecule is CCNC(=NCC(=O)N(C)CC(F)(F)F)NCCCOC.I. The fraction of sp³-hybridized carbons (Fsp3) is 0.833. The predicted octanol–water partition coefficient (Wildman–Crippen LogP) is 1.22. The van der Waals surface area contributed by atoms with Crippen LogP contribution in [0.4, 0.5) is 13.2 Å². The highest BCUT2D eigenvalue weighted by Gasteiger charge is 2.30. The highest BCUT2D eigenvalue weighted by atomic mass is 127. The minimum Gasteiger partial charge on any atom is -0.385 e. The molecule has 0 radical (unpaired) electrons. The zero-order valence-electron chi connectivity index (χ0n) is 13.0. The number of carbonyl (C=O) groups is 1. The van der Waals surface area contributed by atoms with Gasteiger partial charge in [-0.1, -0.05) is 0 Å². The van der Waals surface area contributed by atoms with Gasteiger partial charge in [-0.15, -0.1) is 24.0 Å². The number of guanidine groups is 1. The number of aliphatic imine (C=N–C) groups is 1. The summed E-state index contributed by atoms with van der Waals surface area (Å²) in [7, 11) is 2.69. The smallest absolute Gasteiger partial charge is 0.385 e. The summed E-state index contributed by atoms with van der Waals surface area (Å²) in [5, 5.41) is 5.87. The van der Waals surface area contributed by atoms with Crippen molar-refractivity contribution in [1.29, 1.82) is 0 Å². The number of hydrogen-bond donors (Lipinski definition) is 2. The molecule has 0 aromatic carbocycles. The van der Waals surface area contributed by atoms with Crippen molar-refractivity contribution in [3.05, 3.63) is 0 Å². The molecule has 0 aliphatic rings. The summed E-state index contributed by atoms with van der Waals surface area (Å²) in [6.07, 6.45) is -3.65. The average molecular weight is 440 g/mol. The minimum absolute atomic E-state index is 0.